The lowest BCUT2D eigenvalue weighted by atomic mass is 10.2. The minimum Gasteiger partial charge on any atom is -0.545 e. The normalized spacial score (nSPS) is 10.7. The molecule has 0 aliphatic carbocycles. The number of nitrogens with zero attached hydrogens (tertiary/aromatic N) is 3. The molecule has 1 N–H and O–H groups in total. The molecule has 3 aromatic rings. The highest BCUT2D eigenvalue weighted by molar-refractivity contribution is 5.85. The molecule has 8 heteroatoms. The van der Waals surface area contributed by atoms with Crippen LogP contribution in [0, 0.1) is 0 Å². The fourth-order valence-electron chi connectivity index (χ4n) is 1.90. The molecule has 8 nitrogen and oxygen atoms in total. The van der Waals surface area contributed by atoms with Crippen molar-refractivity contribution < 1.29 is 9.90 Å². The van der Waals surface area contributed by atoms with Crippen molar-refractivity contribution >= 4 is 17.0 Å². The number of rotatable bonds is 2. The number of carbonyl (C=O) groups excluding carboxylic acids is 1. The summed E-state index contributed by atoms with van der Waals surface area (Å²) in [6.45, 7) is 0. The van der Waals surface area contributed by atoms with Gasteiger partial charge in [-0.05, 0) is 17.7 Å². The van der Waals surface area contributed by atoms with Crippen molar-refractivity contribution in [1.82, 2.24) is 19.7 Å². The Labute approximate surface area is 116 Å². The van der Waals surface area contributed by atoms with Crippen LogP contribution in [0.3, 0.4) is 0 Å². The lowest BCUT2D eigenvalue weighted by Crippen LogP contribution is -2.30. The molecule has 0 aliphatic heterocycles. The summed E-state index contributed by atoms with van der Waals surface area (Å²) in [5.41, 5.74) is -0.972. The number of carbonyl (C=O) groups is 1. The van der Waals surface area contributed by atoms with Gasteiger partial charge in [-0.15, -0.1) is 0 Å². The molecule has 0 bridgehead atoms. The first kappa shape index (κ1) is 12.7. The summed E-state index contributed by atoms with van der Waals surface area (Å²) in [7, 11) is 0. The standard InChI is InChI=1S/C13H8N4O4/c18-11-9-10(15-6-5-14-9)12(19)17(16-11)8-3-1-7(2-4-8)13(20)21/h1-6H,(H,16,18)(H,20,21)/p-1. The molecular weight excluding hydrogens is 276 g/mol. The summed E-state index contributed by atoms with van der Waals surface area (Å²) in [5.74, 6) is -1.33. The summed E-state index contributed by atoms with van der Waals surface area (Å²) in [6, 6.07) is 5.31. The quantitative estimate of drug-likeness (QED) is 0.632. The lowest BCUT2D eigenvalue weighted by Gasteiger charge is -2.07. The Hall–Kier alpha value is -3.29. The van der Waals surface area contributed by atoms with E-state index >= 15 is 0 Å². The van der Waals surface area contributed by atoms with Crippen LogP contribution in [0.4, 0.5) is 0 Å². The van der Waals surface area contributed by atoms with Gasteiger partial charge < -0.3 is 9.90 Å². The van der Waals surface area contributed by atoms with Crippen LogP contribution in [0.1, 0.15) is 10.4 Å². The van der Waals surface area contributed by atoms with Gasteiger partial charge >= 0.3 is 0 Å². The Morgan fingerprint density at radius 1 is 1.05 bits per heavy atom. The van der Waals surface area contributed by atoms with Crippen molar-refractivity contribution in [2.75, 3.05) is 0 Å². The molecule has 21 heavy (non-hydrogen) atoms. The van der Waals surface area contributed by atoms with Gasteiger partial charge in [0.15, 0.2) is 11.0 Å². The fourth-order valence-corrected chi connectivity index (χ4v) is 1.90. The molecule has 0 amide bonds. The Morgan fingerprint density at radius 3 is 2.29 bits per heavy atom. The molecule has 2 aromatic heterocycles. The zero-order valence-electron chi connectivity index (χ0n) is 10.4. The number of nitrogens with one attached hydrogen (secondary N) is 1. The molecular formula is C13H7N4O4-. The number of benzene rings is 1. The van der Waals surface area contributed by atoms with E-state index in [0.29, 0.717) is 5.69 Å². The first-order valence-corrected chi connectivity index (χ1v) is 5.86. The van der Waals surface area contributed by atoms with Gasteiger partial charge in [-0.1, -0.05) is 12.1 Å². The van der Waals surface area contributed by atoms with Crippen molar-refractivity contribution in [2.45, 2.75) is 0 Å². The third-order valence-corrected chi connectivity index (χ3v) is 2.89. The summed E-state index contributed by atoms with van der Waals surface area (Å²) < 4.78 is 0.985. The summed E-state index contributed by atoms with van der Waals surface area (Å²) in [5, 5.41) is 13.1. The van der Waals surface area contributed by atoms with Gasteiger partial charge in [0.05, 0.1) is 11.7 Å². The van der Waals surface area contributed by atoms with E-state index in [1.165, 1.54) is 36.7 Å². The van der Waals surface area contributed by atoms with E-state index in [1.807, 2.05) is 0 Å². The van der Waals surface area contributed by atoms with E-state index in [9.17, 15) is 19.5 Å². The molecule has 1 aromatic carbocycles. The average Bonchev–Trinajstić information content (AvgIpc) is 2.51. The van der Waals surface area contributed by atoms with Crippen LogP contribution in [0.15, 0.2) is 46.2 Å². The summed E-state index contributed by atoms with van der Waals surface area (Å²) >= 11 is 0. The van der Waals surface area contributed by atoms with Crippen molar-refractivity contribution in [1.29, 1.82) is 0 Å². The molecule has 104 valence electrons. The molecule has 3 rings (SSSR count). The smallest absolute Gasteiger partial charge is 0.298 e. The van der Waals surface area contributed by atoms with Crippen molar-refractivity contribution in [3.8, 4) is 5.69 Å². The molecule has 0 unspecified atom stereocenters. The number of aromatic nitrogens is 4. The van der Waals surface area contributed by atoms with Crippen LogP contribution in [0.25, 0.3) is 16.7 Å². The van der Waals surface area contributed by atoms with E-state index in [2.05, 4.69) is 15.1 Å². The molecule has 0 saturated carbocycles. The SMILES string of the molecule is O=C([O-])c1ccc(-n2[nH]c(=O)c3nccnc3c2=O)cc1. The maximum Gasteiger partial charge on any atom is 0.298 e. The highest BCUT2D eigenvalue weighted by atomic mass is 16.4. The zero-order chi connectivity index (χ0) is 15.0. The van der Waals surface area contributed by atoms with Crippen LogP contribution < -0.4 is 16.2 Å². The molecule has 0 aliphatic rings. The average molecular weight is 283 g/mol. The maximum absolute atomic E-state index is 12.3. The Bertz CT molecular complexity index is 956. The van der Waals surface area contributed by atoms with Crippen molar-refractivity contribution in [2.24, 2.45) is 0 Å². The van der Waals surface area contributed by atoms with Gasteiger partial charge in [0.1, 0.15) is 0 Å². The first-order chi connectivity index (χ1) is 10.1. The van der Waals surface area contributed by atoms with E-state index in [-0.39, 0.29) is 16.6 Å². The largest absolute Gasteiger partial charge is 0.545 e. The topological polar surface area (TPSA) is 121 Å². The second-order valence-corrected chi connectivity index (χ2v) is 4.17. The van der Waals surface area contributed by atoms with Gasteiger partial charge in [-0.2, -0.15) is 0 Å². The van der Waals surface area contributed by atoms with Crippen LogP contribution in [0.2, 0.25) is 0 Å². The predicted octanol–water partition coefficient (Wildman–Crippen LogP) is -1.17. The lowest BCUT2D eigenvalue weighted by molar-refractivity contribution is -0.255. The molecule has 0 fully saturated rings. The van der Waals surface area contributed by atoms with Gasteiger partial charge in [-0.25, -0.2) is 14.6 Å². The minimum atomic E-state index is -1.33. The Morgan fingerprint density at radius 2 is 1.67 bits per heavy atom. The van der Waals surface area contributed by atoms with Gasteiger partial charge in [-0.3, -0.25) is 14.7 Å². The van der Waals surface area contributed by atoms with E-state index in [1.54, 1.807) is 0 Å². The Kier molecular flexibility index (Phi) is 2.83. The van der Waals surface area contributed by atoms with E-state index < -0.39 is 17.1 Å². The number of H-pyrrole nitrogens is 1. The number of hydrogen-bond acceptors (Lipinski definition) is 6. The number of hydrogen-bond donors (Lipinski definition) is 1. The highest BCUT2D eigenvalue weighted by Gasteiger charge is 2.10. The van der Waals surface area contributed by atoms with E-state index in [0.717, 1.165) is 4.68 Å². The number of carboxylic acids is 1. The fraction of sp³-hybridized carbons (Fsp3) is 0. The minimum absolute atomic E-state index is 0.0327. The van der Waals surface area contributed by atoms with Crippen LogP contribution >= 0.6 is 0 Å². The molecule has 0 radical (unpaired) electrons. The third-order valence-electron chi connectivity index (χ3n) is 2.89. The number of aromatic amines is 1. The van der Waals surface area contributed by atoms with Crippen molar-refractivity contribution in [3.05, 3.63) is 62.9 Å². The first-order valence-electron chi connectivity index (χ1n) is 5.86. The second-order valence-electron chi connectivity index (χ2n) is 4.17. The molecule has 0 atom stereocenters. The van der Waals surface area contributed by atoms with Crippen LogP contribution in [-0.4, -0.2) is 25.7 Å². The van der Waals surface area contributed by atoms with E-state index in [4.69, 9.17) is 0 Å². The van der Waals surface area contributed by atoms with Crippen LogP contribution in [0.5, 0.6) is 0 Å². The van der Waals surface area contributed by atoms with Gasteiger partial charge in [0, 0.05) is 12.4 Å². The molecule has 0 spiro atoms. The summed E-state index contributed by atoms with van der Waals surface area (Å²) in [6.07, 6.45) is 2.63. The van der Waals surface area contributed by atoms with Crippen molar-refractivity contribution in [3.63, 3.8) is 0 Å². The predicted molar refractivity (Wildman–Crippen MR) is 70.1 cm³/mol. The molecule has 2 heterocycles. The number of fused-ring (bicyclic) bond motifs is 1. The summed E-state index contributed by atoms with van der Waals surface area (Å²) in [4.78, 5) is 42.5. The zero-order valence-corrected chi connectivity index (χ0v) is 10.4. The monoisotopic (exact) mass is 283 g/mol. The van der Waals surface area contributed by atoms with Crippen LogP contribution in [-0.2, 0) is 0 Å². The van der Waals surface area contributed by atoms with Gasteiger partial charge in [0.25, 0.3) is 11.1 Å². The number of aromatic carboxylic acids is 1. The third kappa shape index (κ3) is 2.08. The maximum atomic E-state index is 12.3. The van der Waals surface area contributed by atoms with Gasteiger partial charge in [0.2, 0.25) is 0 Å². The Balaban J connectivity index is 2.26. The second kappa shape index (κ2) is 4.67. The molecule has 0 saturated heterocycles. The number of carboxylic acid groups (broad SMARTS) is 1. The highest BCUT2D eigenvalue weighted by Crippen LogP contribution is 2.06.